The van der Waals surface area contributed by atoms with Gasteiger partial charge in [-0.05, 0) is 30.3 Å². The lowest BCUT2D eigenvalue weighted by Gasteiger charge is -2.11. The third-order valence-corrected chi connectivity index (χ3v) is 4.00. The molecule has 4 aromatic rings. The number of hydrogen-bond acceptors (Lipinski definition) is 4. The fourth-order valence-electron chi connectivity index (χ4n) is 2.81. The van der Waals surface area contributed by atoms with Crippen molar-refractivity contribution >= 4 is 23.3 Å². The molecule has 28 heavy (non-hydrogen) atoms. The summed E-state index contributed by atoms with van der Waals surface area (Å²) < 4.78 is 10.3. The van der Waals surface area contributed by atoms with Crippen molar-refractivity contribution in [2.24, 2.45) is 0 Å². The molecule has 142 valence electrons. The number of H-pyrrole nitrogens is 2. The lowest BCUT2D eigenvalue weighted by atomic mass is 10.1. The molecule has 4 rings (SSSR count). The number of aromatic nitrogens is 3. The van der Waals surface area contributed by atoms with Crippen LogP contribution >= 0.6 is 0 Å². The Hall–Kier alpha value is -3.64. The first kappa shape index (κ1) is 19.1. The number of rotatable bonds is 5. The van der Waals surface area contributed by atoms with E-state index in [0.717, 1.165) is 34.1 Å². The van der Waals surface area contributed by atoms with Crippen LogP contribution in [-0.2, 0) is 4.74 Å². The van der Waals surface area contributed by atoms with Crippen LogP contribution in [0.3, 0.4) is 0 Å². The van der Waals surface area contributed by atoms with Gasteiger partial charge in [-0.25, -0.2) is 4.98 Å². The van der Waals surface area contributed by atoms with E-state index in [1.165, 1.54) is 6.20 Å². The van der Waals surface area contributed by atoms with Gasteiger partial charge in [-0.3, -0.25) is 4.79 Å². The Morgan fingerprint density at radius 2 is 1.96 bits per heavy atom. The number of imidazole rings is 1. The molecule has 0 fully saturated rings. The Morgan fingerprint density at radius 3 is 2.68 bits per heavy atom. The minimum absolute atomic E-state index is 0.438. The highest BCUT2D eigenvalue weighted by atomic mass is 16.5. The first-order valence-electron chi connectivity index (χ1n) is 8.61. The molecule has 0 amide bonds. The second-order valence-electron chi connectivity index (χ2n) is 5.96. The average Bonchev–Trinajstić information content (AvgIpc) is 3.38. The molecule has 0 bridgehead atoms. The van der Waals surface area contributed by atoms with Gasteiger partial charge in [-0.15, -0.1) is 0 Å². The van der Waals surface area contributed by atoms with Crippen molar-refractivity contribution in [3.05, 3.63) is 72.7 Å². The van der Waals surface area contributed by atoms with Crippen LogP contribution in [0.4, 0.5) is 0 Å². The Morgan fingerprint density at radius 1 is 1.14 bits per heavy atom. The quantitative estimate of drug-likeness (QED) is 0.477. The van der Waals surface area contributed by atoms with E-state index in [1.807, 2.05) is 48.7 Å². The van der Waals surface area contributed by atoms with Gasteiger partial charge in [-0.1, -0.05) is 24.8 Å². The van der Waals surface area contributed by atoms with Crippen LogP contribution in [0.25, 0.3) is 28.4 Å². The van der Waals surface area contributed by atoms with Crippen molar-refractivity contribution < 1.29 is 14.3 Å². The molecule has 0 radical (unpaired) electrons. The van der Waals surface area contributed by atoms with E-state index in [4.69, 9.17) is 4.74 Å². The summed E-state index contributed by atoms with van der Waals surface area (Å²) in [4.78, 5) is 21.2. The van der Waals surface area contributed by atoms with Gasteiger partial charge in [0, 0.05) is 42.4 Å². The molecule has 2 aromatic heterocycles. The van der Waals surface area contributed by atoms with Crippen LogP contribution < -0.4 is 4.74 Å². The summed E-state index contributed by atoms with van der Waals surface area (Å²) in [7, 11) is 3.25. The third-order valence-electron chi connectivity index (χ3n) is 4.00. The fraction of sp³-hybridized carbons (Fsp3) is 0.0909. The summed E-state index contributed by atoms with van der Waals surface area (Å²) in [5.74, 6) is 2.03. The van der Waals surface area contributed by atoms with Crippen LogP contribution in [0.15, 0.2) is 61.4 Å². The number of methoxy groups -OCH3 is 1. The summed E-state index contributed by atoms with van der Waals surface area (Å²) in [6, 6.07) is 13.4. The van der Waals surface area contributed by atoms with Crippen molar-refractivity contribution in [1.29, 1.82) is 0 Å². The number of aldehydes is 1. The molecule has 0 aliphatic rings. The van der Waals surface area contributed by atoms with E-state index in [2.05, 4.69) is 26.3 Å². The lowest BCUT2D eigenvalue weighted by Crippen LogP contribution is -1.89. The van der Waals surface area contributed by atoms with Crippen LogP contribution in [-0.4, -0.2) is 35.5 Å². The number of carbonyl (C=O) groups excluding carboxylic acids is 1. The lowest BCUT2D eigenvalue weighted by molar-refractivity contribution is 0.111. The van der Waals surface area contributed by atoms with Gasteiger partial charge >= 0.3 is 0 Å². The molecule has 0 saturated heterocycles. The number of benzene rings is 2. The van der Waals surface area contributed by atoms with Gasteiger partial charge in [0.25, 0.3) is 0 Å². The van der Waals surface area contributed by atoms with E-state index < -0.39 is 0 Å². The topological polar surface area (TPSA) is 80.0 Å². The fourth-order valence-corrected chi connectivity index (χ4v) is 2.81. The maximum atomic E-state index is 10.8. The second-order valence-corrected chi connectivity index (χ2v) is 5.96. The van der Waals surface area contributed by atoms with Crippen molar-refractivity contribution in [2.45, 2.75) is 0 Å². The van der Waals surface area contributed by atoms with Crippen molar-refractivity contribution in [3.8, 4) is 22.9 Å². The maximum Gasteiger partial charge on any atom is 0.167 e. The van der Waals surface area contributed by atoms with E-state index in [-0.39, 0.29) is 0 Å². The summed E-state index contributed by atoms with van der Waals surface area (Å²) in [5, 5.41) is 1.06. The normalized spacial score (nSPS) is 10.2. The standard InChI is InChI=1S/C20H15N3O2.C2H6O/c1-2-16-17-8-9-21-18(17)6-7-19(16)25-15-5-3-4-13(10-15)20-22-11-14(12-24)23-20;1-3-2/h2-12,21H,1H2,(H,22,23);1-2H3. The summed E-state index contributed by atoms with van der Waals surface area (Å²) in [6.45, 7) is 3.90. The van der Waals surface area contributed by atoms with Gasteiger partial charge in [0.15, 0.2) is 6.29 Å². The van der Waals surface area contributed by atoms with Gasteiger partial charge in [0.05, 0.1) is 11.9 Å². The summed E-state index contributed by atoms with van der Waals surface area (Å²) in [6.07, 6.45) is 5.92. The number of carbonyl (C=O) groups is 1. The largest absolute Gasteiger partial charge is 0.457 e. The molecule has 0 spiro atoms. The van der Waals surface area contributed by atoms with Crippen LogP contribution in [0, 0.1) is 0 Å². The van der Waals surface area contributed by atoms with Crippen LogP contribution in [0.5, 0.6) is 11.5 Å². The maximum absolute atomic E-state index is 10.8. The molecular formula is C22H21N3O3. The van der Waals surface area contributed by atoms with E-state index >= 15 is 0 Å². The van der Waals surface area contributed by atoms with Gasteiger partial charge in [0.1, 0.15) is 17.3 Å². The molecule has 0 atom stereocenters. The summed E-state index contributed by atoms with van der Waals surface area (Å²) in [5.41, 5.74) is 3.25. The smallest absolute Gasteiger partial charge is 0.167 e. The highest BCUT2D eigenvalue weighted by molar-refractivity contribution is 5.91. The SMILES string of the molecule is C=Cc1c(Oc2cccc(-c3ncc(C=O)[nH]3)c2)ccc2[nH]ccc12.COC. The molecule has 6 heteroatoms. The highest BCUT2D eigenvalue weighted by Crippen LogP contribution is 2.33. The van der Waals surface area contributed by atoms with Crippen LogP contribution in [0.1, 0.15) is 16.1 Å². The third kappa shape index (κ3) is 4.02. The molecule has 6 nitrogen and oxygen atoms in total. The van der Waals surface area contributed by atoms with E-state index in [9.17, 15) is 4.79 Å². The highest BCUT2D eigenvalue weighted by Gasteiger charge is 2.09. The van der Waals surface area contributed by atoms with Crippen molar-refractivity contribution in [3.63, 3.8) is 0 Å². The molecular weight excluding hydrogens is 354 g/mol. The zero-order chi connectivity index (χ0) is 19.9. The number of ether oxygens (including phenoxy) is 2. The number of fused-ring (bicyclic) bond motifs is 1. The zero-order valence-corrected chi connectivity index (χ0v) is 15.7. The number of hydrogen-bond donors (Lipinski definition) is 2. The van der Waals surface area contributed by atoms with Crippen molar-refractivity contribution in [1.82, 2.24) is 15.0 Å². The Labute approximate surface area is 162 Å². The molecule has 2 aromatic carbocycles. The van der Waals surface area contributed by atoms with E-state index in [1.54, 1.807) is 20.3 Å². The molecule has 0 aliphatic carbocycles. The van der Waals surface area contributed by atoms with Gasteiger partial charge < -0.3 is 19.4 Å². The van der Waals surface area contributed by atoms with Gasteiger partial charge in [-0.2, -0.15) is 0 Å². The number of nitrogens with one attached hydrogen (secondary N) is 2. The molecule has 0 saturated carbocycles. The van der Waals surface area contributed by atoms with Gasteiger partial charge in [0.2, 0.25) is 0 Å². The number of aromatic amines is 2. The molecule has 0 unspecified atom stereocenters. The van der Waals surface area contributed by atoms with E-state index in [0.29, 0.717) is 17.3 Å². The predicted molar refractivity (Wildman–Crippen MR) is 111 cm³/mol. The first-order valence-corrected chi connectivity index (χ1v) is 8.61. The molecule has 0 aliphatic heterocycles. The Kier molecular flexibility index (Phi) is 6.04. The Balaban J connectivity index is 0.000000706. The predicted octanol–water partition coefficient (Wildman–Crippen LogP) is 5.07. The Bertz CT molecular complexity index is 1100. The zero-order valence-electron chi connectivity index (χ0n) is 15.7. The number of nitrogens with zero attached hydrogens (tertiary/aromatic N) is 1. The molecule has 2 heterocycles. The second kappa shape index (κ2) is 8.83. The monoisotopic (exact) mass is 375 g/mol. The van der Waals surface area contributed by atoms with Crippen LogP contribution in [0.2, 0.25) is 0 Å². The first-order chi connectivity index (χ1) is 13.7. The average molecular weight is 375 g/mol. The van der Waals surface area contributed by atoms with Crippen molar-refractivity contribution in [2.75, 3.05) is 14.2 Å². The minimum atomic E-state index is 0.438. The minimum Gasteiger partial charge on any atom is -0.457 e. The summed E-state index contributed by atoms with van der Waals surface area (Å²) >= 11 is 0. The molecule has 2 N–H and O–H groups in total.